The fourth-order valence-electron chi connectivity index (χ4n) is 2.31. The lowest BCUT2D eigenvalue weighted by Crippen LogP contribution is -2.31. The Bertz CT molecular complexity index is 502. The van der Waals surface area contributed by atoms with Crippen LogP contribution in [-0.2, 0) is 0 Å². The first-order chi connectivity index (χ1) is 10.0. The van der Waals surface area contributed by atoms with Gasteiger partial charge >= 0.3 is 5.69 Å². The Kier molecular flexibility index (Phi) is 4.93. The van der Waals surface area contributed by atoms with E-state index >= 15 is 0 Å². The number of aromatic nitrogens is 2. The van der Waals surface area contributed by atoms with Crippen LogP contribution in [0.5, 0.6) is 0 Å². The van der Waals surface area contributed by atoms with Gasteiger partial charge < -0.3 is 10.2 Å². The third-order valence-electron chi connectivity index (χ3n) is 3.35. The predicted molar refractivity (Wildman–Crippen MR) is 82.7 cm³/mol. The zero-order valence-corrected chi connectivity index (χ0v) is 12.9. The van der Waals surface area contributed by atoms with E-state index in [1.807, 2.05) is 6.92 Å². The monoisotopic (exact) mass is 293 g/mol. The molecular formula is C14H23N5O2. The van der Waals surface area contributed by atoms with Crippen LogP contribution in [0.3, 0.4) is 0 Å². The van der Waals surface area contributed by atoms with Crippen LogP contribution in [0, 0.1) is 16.0 Å². The largest absolute Gasteiger partial charge is 0.364 e. The minimum atomic E-state index is -0.372. The molecule has 1 aromatic heterocycles. The molecule has 1 aliphatic carbocycles. The molecule has 7 nitrogen and oxygen atoms in total. The molecule has 0 saturated heterocycles. The maximum Gasteiger partial charge on any atom is 0.353 e. The van der Waals surface area contributed by atoms with Gasteiger partial charge in [-0.25, -0.2) is 9.97 Å². The van der Waals surface area contributed by atoms with E-state index in [1.54, 1.807) is 0 Å². The Balaban J connectivity index is 2.38. The van der Waals surface area contributed by atoms with Gasteiger partial charge in [-0.05, 0) is 25.2 Å². The topological polar surface area (TPSA) is 84.2 Å². The lowest BCUT2D eigenvalue weighted by Gasteiger charge is -2.25. The second-order valence-corrected chi connectivity index (χ2v) is 5.86. The molecule has 1 saturated carbocycles. The molecule has 1 aromatic rings. The number of nitrogens with one attached hydrogen (secondary N) is 1. The number of hydrogen-bond acceptors (Lipinski definition) is 6. The van der Waals surface area contributed by atoms with Gasteiger partial charge in [0, 0.05) is 19.1 Å². The summed E-state index contributed by atoms with van der Waals surface area (Å²) in [5.74, 6) is 1.19. The van der Waals surface area contributed by atoms with Crippen molar-refractivity contribution in [2.45, 2.75) is 46.1 Å². The van der Waals surface area contributed by atoms with Crippen molar-refractivity contribution in [3.8, 4) is 0 Å². The van der Waals surface area contributed by atoms with E-state index in [0.717, 1.165) is 25.8 Å². The maximum atomic E-state index is 11.5. The first-order valence-electron chi connectivity index (χ1n) is 7.54. The van der Waals surface area contributed by atoms with Gasteiger partial charge in [0.15, 0.2) is 0 Å². The SMILES string of the molecule is CCCNc1ncnc(N(CC(C)C)C2CC2)c1[N+](=O)[O-]. The maximum absolute atomic E-state index is 11.5. The van der Waals surface area contributed by atoms with Crippen molar-refractivity contribution < 1.29 is 4.92 Å². The highest BCUT2D eigenvalue weighted by Crippen LogP contribution is 2.38. The molecule has 0 radical (unpaired) electrons. The van der Waals surface area contributed by atoms with Crippen LogP contribution < -0.4 is 10.2 Å². The number of anilines is 2. The molecule has 1 heterocycles. The molecule has 116 valence electrons. The van der Waals surface area contributed by atoms with E-state index in [0.29, 0.717) is 30.1 Å². The van der Waals surface area contributed by atoms with E-state index in [4.69, 9.17) is 0 Å². The van der Waals surface area contributed by atoms with Crippen LogP contribution in [0.1, 0.15) is 40.0 Å². The summed E-state index contributed by atoms with van der Waals surface area (Å²) in [6, 6.07) is 0.375. The summed E-state index contributed by atoms with van der Waals surface area (Å²) in [5.41, 5.74) is -0.00139. The second kappa shape index (κ2) is 6.69. The minimum absolute atomic E-state index is 0.00139. The van der Waals surface area contributed by atoms with Crippen LogP contribution in [0.4, 0.5) is 17.3 Å². The average molecular weight is 293 g/mol. The molecule has 7 heteroatoms. The Morgan fingerprint density at radius 2 is 2.19 bits per heavy atom. The van der Waals surface area contributed by atoms with Crippen molar-refractivity contribution in [2.24, 2.45) is 5.92 Å². The van der Waals surface area contributed by atoms with Crippen LogP contribution >= 0.6 is 0 Å². The Labute approximate surface area is 124 Å². The molecule has 0 spiro atoms. The van der Waals surface area contributed by atoms with Gasteiger partial charge in [-0.3, -0.25) is 10.1 Å². The molecule has 0 unspecified atom stereocenters. The number of nitrogens with zero attached hydrogens (tertiary/aromatic N) is 4. The Morgan fingerprint density at radius 3 is 2.71 bits per heavy atom. The summed E-state index contributed by atoms with van der Waals surface area (Å²) in [4.78, 5) is 21.5. The van der Waals surface area contributed by atoms with Crippen molar-refractivity contribution >= 4 is 17.3 Å². The molecule has 0 aromatic carbocycles. The van der Waals surface area contributed by atoms with Gasteiger partial charge in [0.1, 0.15) is 6.33 Å². The van der Waals surface area contributed by atoms with Crippen molar-refractivity contribution in [1.29, 1.82) is 0 Å². The summed E-state index contributed by atoms with van der Waals surface area (Å²) in [7, 11) is 0. The van der Waals surface area contributed by atoms with Gasteiger partial charge in [-0.1, -0.05) is 20.8 Å². The van der Waals surface area contributed by atoms with E-state index in [2.05, 4.69) is 34.0 Å². The minimum Gasteiger partial charge on any atom is -0.364 e. The highest BCUT2D eigenvalue weighted by atomic mass is 16.6. The molecule has 1 fully saturated rings. The smallest absolute Gasteiger partial charge is 0.353 e. The van der Waals surface area contributed by atoms with Crippen LogP contribution in [0.2, 0.25) is 0 Å². The Morgan fingerprint density at radius 1 is 1.48 bits per heavy atom. The summed E-state index contributed by atoms with van der Waals surface area (Å²) in [5, 5.41) is 14.5. The predicted octanol–water partition coefficient (Wildman–Crippen LogP) is 2.83. The Hall–Kier alpha value is -1.92. The normalized spacial score (nSPS) is 14.3. The molecule has 1 aliphatic rings. The summed E-state index contributed by atoms with van der Waals surface area (Å²) in [6.45, 7) is 7.66. The highest BCUT2D eigenvalue weighted by Gasteiger charge is 2.36. The van der Waals surface area contributed by atoms with Crippen molar-refractivity contribution in [3.05, 3.63) is 16.4 Å². The van der Waals surface area contributed by atoms with E-state index < -0.39 is 0 Å². The quantitative estimate of drug-likeness (QED) is 0.586. The number of rotatable bonds is 8. The average Bonchev–Trinajstić information content (AvgIpc) is 3.26. The van der Waals surface area contributed by atoms with Crippen molar-refractivity contribution in [3.63, 3.8) is 0 Å². The first-order valence-corrected chi connectivity index (χ1v) is 7.54. The van der Waals surface area contributed by atoms with Crippen LogP contribution in [-0.4, -0.2) is 34.0 Å². The fraction of sp³-hybridized carbons (Fsp3) is 0.714. The van der Waals surface area contributed by atoms with E-state index in [9.17, 15) is 10.1 Å². The molecular weight excluding hydrogens is 270 g/mol. The molecule has 0 amide bonds. The second-order valence-electron chi connectivity index (χ2n) is 5.86. The summed E-state index contributed by atoms with van der Waals surface area (Å²) >= 11 is 0. The van der Waals surface area contributed by atoms with Crippen LogP contribution in [0.25, 0.3) is 0 Å². The fourth-order valence-corrected chi connectivity index (χ4v) is 2.31. The summed E-state index contributed by atoms with van der Waals surface area (Å²) < 4.78 is 0. The first kappa shape index (κ1) is 15.5. The standard InChI is InChI=1S/C14H23N5O2/c1-4-7-15-13-12(19(20)21)14(17-9-16-13)18(8-10(2)3)11-5-6-11/h9-11H,4-8H2,1-3H3,(H,15,16,17). The molecule has 0 bridgehead atoms. The van der Waals surface area contributed by atoms with Gasteiger partial charge in [0.25, 0.3) is 0 Å². The van der Waals surface area contributed by atoms with Gasteiger partial charge in [0.05, 0.1) is 4.92 Å². The number of nitro groups is 1. The molecule has 0 aliphatic heterocycles. The van der Waals surface area contributed by atoms with Crippen molar-refractivity contribution in [2.75, 3.05) is 23.3 Å². The van der Waals surface area contributed by atoms with Gasteiger partial charge in [0.2, 0.25) is 11.6 Å². The van der Waals surface area contributed by atoms with E-state index in [1.165, 1.54) is 6.33 Å². The van der Waals surface area contributed by atoms with E-state index in [-0.39, 0.29) is 10.6 Å². The van der Waals surface area contributed by atoms with Crippen LogP contribution in [0.15, 0.2) is 6.33 Å². The zero-order chi connectivity index (χ0) is 15.4. The summed E-state index contributed by atoms with van der Waals surface area (Å²) in [6.07, 6.45) is 4.45. The number of hydrogen-bond donors (Lipinski definition) is 1. The molecule has 2 rings (SSSR count). The molecule has 0 atom stereocenters. The molecule has 21 heavy (non-hydrogen) atoms. The zero-order valence-electron chi connectivity index (χ0n) is 12.9. The third-order valence-corrected chi connectivity index (χ3v) is 3.35. The lowest BCUT2D eigenvalue weighted by atomic mass is 10.2. The van der Waals surface area contributed by atoms with Gasteiger partial charge in [-0.2, -0.15) is 0 Å². The third kappa shape index (κ3) is 3.80. The highest BCUT2D eigenvalue weighted by molar-refractivity contribution is 5.70. The lowest BCUT2D eigenvalue weighted by molar-refractivity contribution is -0.383. The van der Waals surface area contributed by atoms with Crippen molar-refractivity contribution in [1.82, 2.24) is 9.97 Å². The van der Waals surface area contributed by atoms with Gasteiger partial charge in [-0.15, -0.1) is 0 Å². The molecule has 1 N–H and O–H groups in total.